The van der Waals surface area contributed by atoms with Gasteiger partial charge in [-0.25, -0.2) is 0 Å². The maximum atomic E-state index is 12.2. The number of carbonyl (C=O) groups excluding carboxylic acids is 1. The van der Waals surface area contributed by atoms with Crippen molar-refractivity contribution in [1.29, 1.82) is 0 Å². The van der Waals surface area contributed by atoms with Crippen molar-refractivity contribution < 1.29 is 4.79 Å². The Morgan fingerprint density at radius 3 is 2.60 bits per heavy atom. The molecule has 0 aliphatic rings. The normalized spacial score (nSPS) is 12.3. The first-order valence-electron chi connectivity index (χ1n) is 7.24. The lowest BCUT2D eigenvalue weighted by atomic mass is 10.1. The van der Waals surface area contributed by atoms with Crippen LogP contribution >= 0.6 is 0 Å². The molecule has 20 heavy (non-hydrogen) atoms. The van der Waals surface area contributed by atoms with E-state index in [2.05, 4.69) is 29.4 Å². The van der Waals surface area contributed by atoms with Crippen molar-refractivity contribution >= 4 is 11.6 Å². The first-order chi connectivity index (χ1) is 9.45. The quantitative estimate of drug-likeness (QED) is 0.805. The molecule has 1 atom stereocenters. The van der Waals surface area contributed by atoms with Crippen LogP contribution in [-0.2, 0) is 0 Å². The number of nitrogens with zero attached hydrogens (tertiary/aromatic N) is 1. The van der Waals surface area contributed by atoms with E-state index in [0.717, 1.165) is 29.8 Å². The lowest BCUT2D eigenvalue weighted by Gasteiger charge is -2.20. The summed E-state index contributed by atoms with van der Waals surface area (Å²) in [5.74, 6) is -0.00163. The van der Waals surface area contributed by atoms with Gasteiger partial charge in [-0.3, -0.25) is 4.79 Å². The predicted molar refractivity (Wildman–Crippen MR) is 85.4 cm³/mol. The smallest absolute Gasteiger partial charge is 0.251 e. The third-order valence-corrected chi connectivity index (χ3v) is 3.49. The summed E-state index contributed by atoms with van der Waals surface area (Å²) in [6, 6.07) is 6.21. The second-order valence-corrected chi connectivity index (χ2v) is 5.48. The molecule has 0 heterocycles. The van der Waals surface area contributed by atoms with Crippen LogP contribution in [0.5, 0.6) is 0 Å². The minimum absolute atomic E-state index is 0.00163. The van der Waals surface area contributed by atoms with Crippen LogP contribution in [-0.4, -0.2) is 44.0 Å². The van der Waals surface area contributed by atoms with E-state index < -0.39 is 0 Å². The van der Waals surface area contributed by atoms with E-state index in [1.807, 2.05) is 39.2 Å². The van der Waals surface area contributed by atoms with Gasteiger partial charge in [0.15, 0.2) is 0 Å². The molecule has 1 rings (SSSR count). The van der Waals surface area contributed by atoms with E-state index in [1.165, 1.54) is 0 Å². The molecule has 0 aliphatic heterocycles. The molecule has 0 aliphatic carbocycles. The van der Waals surface area contributed by atoms with Gasteiger partial charge in [-0.15, -0.1) is 0 Å². The average molecular weight is 277 g/mol. The number of nitrogens with one attached hydrogen (secondary N) is 2. The second kappa shape index (κ2) is 7.90. The fourth-order valence-electron chi connectivity index (χ4n) is 1.82. The Morgan fingerprint density at radius 2 is 2.05 bits per heavy atom. The number of hydrogen-bond donors (Lipinski definition) is 2. The highest BCUT2D eigenvalue weighted by Gasteiger charge is 2.11. The van der Waals surface area contributed by atoms with Crippen molar-refractivity contribution in [3.05, 3.63) is 29.3 Å². The largest absolute Gasteiger partial charge is 0.385 e. The highest BCUT2D eigenvalue weighted by atomic mass is 16.1. The molecule has 1 amide bonds. The summed E-state index contributed by atoms with van der Waals surface area (Å²) in [4.78, 5) is 14.3. The monoisotopic (exact) mass is 277 g/mol. The van der Waals surface area contributed by atoms with Gasteiger partial charge in [-0.05, 0) is 58.1 Å². The Labute approximate surface area is 122 Å². The van der Waals surface area contributed by atoms with E-state index in [-0.39, 0.29) is 5.91 Å². The third-order valence-electron chi connectivity index (χ3n) is 3.49. The van der Waals surface area contributed by atoms with Crippen LogP contribution in [0.2, 0.25) is 0 Å². The van der Waals surface area contributed by atoms with E-state index in [4.69, 9.17) is 0 Å². The summed E-state index contributed by atoms with van der Waals surface area (Å²) in [5, 5.41) is 6.31. The molecule has 112 valence electrons. The lowest BCUT2D eigenvalue weighted by Crippen LogP contribution is -2.38. The molecule has 1 aromatic carbocycles. The Balaban J connectivity index is 2.64. The van der Waals surface area contributed by atoms with Crippen molar-refractivity contribution in [3.63, 3.8) is 0 Å². The number of hydrogen-bond acceptors (Lipinski definition) is 3. The van der Waals surface area contributed by atoms with Gasteiger partial charge in [0.2, 0.25) is 0 Å². The van der Waals surface area contributed by atoms with Crippen LogP contribution in [0.15, 0.2) is 18.2 Å². The SMILES string of the molecule is CCCNc1ccc(C(=O)NCC(C)N(C)C)c(C)c1. The van der Waals surface area contributed by atoms with Crippen LogP contribution < -0.4 is 10.6 Å². The first kappa shape index (κ1) is 16.5. The average Bonchev–Trinajstić information content (AvgIpc) is 2.42. The summed E-state index contributed by atoms with van der Waals surface area (Å²) in [5.41, 5.74) is 2.82. The van der Waals surface area contributed by atoms with Gasteiger partial charge in [0.1, 0.15) is 0 Å². The zero-order chi connectivity index (χ0) is 15.1. The van der Waals surface area contributed by atoms with Gasteiger partial charge >= 0.3 is 0 Å². The summed E-state index contributed by atoms with van der Waals surface area (Å²) in [6.07, 6.45) is 1.09. The van der Waals surface area contributed by atoms with Crippen LogP contribution in [0.3, 0.4) is 0 Å². The fourth-order valence-corrected chi connectivity index (χ4v) is 1.82. The van der Waals surface area contributed by atoms with Gasteiger partial charge in [0.05, 0.1) is 0 Å². The molecule has 2 N–H and O–H groups in total. The molecule has 0 bridgehead atoms. The van der Waals surface area contributed by atoms with E-state index >= 15 is 0 Å². The van der Waals surface area contributed by atoms with Crippen molar-refractivity contribution in [2.45, 2.75) is 33.2 Å². The second-order valence-electron chi connectivity index (χ2n) is 5.48. The van der Waals surface area contributed by atoms with Crippen LogP contribution in [0.1, 0.15) is 36.2 Å². The summed E-state index contributed by atoms with van der Waals surface area (Å²) < 4.78 is 0. The molecule has 4 heteroatoms. The minimum atomic E-state index is -0.00163. The molecular formula is C16H27N3O. The van der Waals surface area contributed by atoms with Crippen LogP contribution in [0.4, 0.5) is 5.69 Å². The summed E-state index contributed by atoms with van der Waals surface area (Å²) in [7, 11) is 4.02. The fraction of sp³-hybridized carbons (Fsp3) is 0.562. The molecule has 0 saturated carbocycles. The molecule has 0 radical (unpaired) electrons. The number of aryl methyl sites for hydroxylation is 1. The number of benzene rings is 1. The lowest BCUT2D eigenvalue weighted by molar-refractivity contribution is 0.0943. The molecular weight excluding hydrogens is 250 g/mol. The number of anilines is 1. The number of likely N-dealkylation sites (N-methyl/N-ethyl adjacent to an activating group) is 1. The molecule has 0 spiro atoms. The Morgan fingerprint density at radius 1 is 1.35 bits per heavy atom. The Kier molecular flexibility index (Phi) is 6.52. The van der Waals surface area contributed by atoms with Gasteiger partial charge in [0.25, 0.3) is 5.91 Å². The van der Waals surface area contributed by atoms with Gasteiger partial charge < -0.3 is 15.5 Å². The van der Waals surface area contributed by atoms with Crippen LogP contribution in [0, 0.1) is 6.92 Å². The highest BCUT2D eigenvalue weighted by Crippen LogP contribution is 2.15. The van der Waals surface area contributed by atoms with E-state index in [0.29, 0.717) is 12.6 Å². The Hall–Kier alpha value is -1.55. The van der Waals surface area contributed by atoms with Crippen molar-refractivity contribution in [1.82, 2.24) is 10.2 Å². The van der Waals surface area contributed by atoms with Gasteiger partial charge in [0, 0.05) is 30.4 Å². The molecule has 0 saturated heterocycles. The Bertz CT molecular complexity index is 443. The van der Waals surface area contributed by atoms with E-state index in [9.17, 15) is 4.79 Å². The van der Waals surface area contributed by atoms with Crippen molar-refractivity contribution in [2.75, 3.05) is 32.5 Å². The van der Waals surface area contributed by atoms with E-state index in [1.54, 1.807) is 0 Å². The predicted octanol–water partition coefficient (Wildman–Crippen LogP) is 2.50. The number of amides is 1. The van der Waals surface area contributed by atoms with Crippen LogP contribution in [0.25, 0.3) is 0 Å². The maximum absolute atomic E-state index is 12.2. The number of carbonyl (C=O) groups is 1. The van der Waals surface area contributed by atoms with Gasteiger partial charge in [-0.2, -0.15) is 0 Å². The topological polar surface area (TPSA) is 44.4 Å². The zero-order valence-corrected chi connectivity index (χ0v) is 13.3. The summed E-state index contributed by atoms with van der Waals surface area (Å²) >= 11 is 0. The first-order valence-corrected chi connectivity index (χ1v) is 7.24. The zero-order valence-electron chi connectivity index (χ0n) is 13.3. The molecule has 0 aromatic heterocycles. The highest BCUT2D eigenvalue weighted by molar-refractivity contribution is 5.96. The van der Waals surface area contributed by atoms with Gasteiger partial charge in [-0.1, -0.05) is 6.92 Å². The standard InChI is InChI=1S/C16H27N3O/c1-6-9-17-14-7-8-15(12(2)10-14)16(20)18-11-13(3)19(4)5/h7-8,10,13,17H,6,9,11H2,1-5H3,(H,18,20). The van der Waals surface area contributed by atoms with Crippen molar-refractivity contribution in [3.8, 4) is 0 Å². The molecule has 0 fully saturated rings. The minimum Gasteiger partial charge on any atom is -0.385 e. The summed E-state index contributed by atoms with van der Waals surface area (Å²) in [6.45, 7) is 7.80. The molecule has 1 aromatic rings. The maximum Gasteiger partial charge on any atom is 0.251 e. The molecule has 1 unspecified atom stereocenters. The van der Waals surface area contributed by atoms with Crippen molar-refractivity contribution in [2.24, 2.45) is 0 Å². The molecule has 4 nitrogen and oxygen atoms in total. The number of rotatable bonds is 7. The third kappa shape index (κ3) is 4.85.